The van der Waals surface area contributed by atoms with Crippen molar-refractivity contribution in [2.24, 2.45) is 0 Å². The fraction of sp³-hybridized carbons (Fsp3) is 0.250. The van der Waals surface area contributed by atoms with E-state index in [2.05, 4.69) is 15.2 Å². The maximum atomic E-state index is 14.0. The maximum Gasteiger partial charge on any atom is 0.253 e. The van der Waals surface area contributed by atoms with Crippen molar-refractivity contribution >= 4 is 23.4 Å². The molecule has 1 fully saturated rings. The van der Waals surface area contributed by atoms with Gasteiger partial charge in [-0.15, -0.1) is 0 Å². The number of piperazine rings is 1. The Labute approximate surface area is 166 Å². The van der Waals surface area contributed by atoms with Crippen LogP contribution in [0.4, 0.5) is 10.1 Å². The number of hydrogen-bond acceptors (Lipinski definition) is 5. The van der Waals surface area contributed by atoms with Crippen molar-refractivity contribution in [1.82, 2.24) is 20.1 Å². The highest BCUT2D eigenvalue weighted by atomic mass is 32.2. The van der Waals surface area contributed by atoms with E-state index in [0.29, 0.717) is 37.4 Å². The zero-order valence-electron chi connectivity index (χ0n) is 15.2. The highest BCUT2D eigenvalue weighted by Crippen LogP contribution is 2.22. The van der Waals surface area contributed by atoms with Crippen LogP contribution in [-0.4, -0.2) is 52.2 Å². The first-order valence-corrected chi connectivity index (χ1v) is 10.0. The molecule has 4 rings (SSSR count). The molecule has 144 valence electrons. The molecule has 1 aliphatic rings. The number of nitrogens with one attached hydrogen (secondary N) is 1. The average molecular weight is 397 g/mol. The fourth-order valence-electron chi connectivity index (χ4n) is 3.20. The van der Waals surface area contributed by atoms with Crippen LogP contribution in [-0.2, 0) is 5.75 Å². The summed E-state index contributed by atoms with van der Waals surface area (Å²) in [5.74, 6) is 0.550. The molecule has 0 bridgehead atoms. The molecule has 1 aromatic heterocycles. The quantitative estimate of drug-likeness (QED) is 0.670. The van der Waals surface area contributed by atoms with Gasteiger partial charge >= 0.3 is 0 Å². The van der Waals surface area contributed by atoms with Gasteiger partial charge in [-0.1, -0.05) is 36.0 Å². The molecule has 0 aliphatic carbocycles. The Kier molecular flexibility index (Phi) is 5.57. The molecule has 0 saturated carbocycles. The predicted octanol–water partition coefficient (Wildman–Crippen LogP) is 3.20. The third-order valence-electron chi connectivity index (χ3n) is 4.73. The Morgan fingerprint density at radius 3 is 2.50 bits per heavy atom. The summed E-state index contributed by atoms with van der Waals surface area (Å²) < 4.78 is 14.0. The van der Waals surface area contributed by atoms with E-state index in [4.69, 9.17) is 0 Å². The Morgan fingerprint density at radius 2 is 1.82 bits per heavy atom. The third-order valence-corrected chi connectivity index (χ3v) is 5.68. The van der Waals surface area contributed by atoms with E-state index in [9.17, 15) is 9.18 Å². The normalized spacial score (nSPS) is 14.3. The molecule has 0 unspecified atom stereocenters. The summed E-state index contributed by atoms with van der Waals surface area (Å²) in [5, 5.41) is 7.41. The van der Waals surface area contributed by atoms with Gasteiger partial charge in [0.2, 0.25) is 0 Å². The summed E-state index contributed by atoms with van der Waals surface area (Å²) in [7, 11) is 0. The number of benzene rings is 2. The van der Waals surface area contributed by atoms with Gasteiger partial charge in [0, 0.05) is 37.5 Å². The van der Waals surface area contributed by atoms with Gasteiger partial charge < -0.3 is 9.80 Å². The first-order chi connectivity index (χ1) is 13.7. The SMILES string of the molecule is O=C(c1ccc(CSc2ncn[nH]2)cc1)N1CCN(c2ccccc2F)CC1. The van der Waals surface area contributed by atoms with Crippen molar-refractivity contribution < 1.29 is 9.18 Å². The number of aromatic nitrogens is 3. The number of amides is 1. The lowest BCUT2D eigenvalue weighted by Gasteiger charge is -2.36. The summed E-state index contributed by atoms with van der Waals surface area (Å²) in [6.07, 6.45) is 1.48. The van der Waals surface area contributed by atoms with Gasteiger partial charge in [-0.2, -0.15) is 5.10 Å². The van der Waals surface area contributed by atoms with Crippen molar-refractivity contribution in [2.75, 3.05) is 31.1 Å². The summed E-state index contributed by atoms with van der Waals surface area (Å²) in [4.78, 5) is 20.7. The Hall–Kier alpha value is -2.87. The minimum absolute atomic E-state index is 0.0163. The van der Waals surface area contributed by atoms with Crippen LogP contribution >= 0.6 is 11.8 Å². The van der Waals surface area contributed by atoms with Gasteiger partial charge in [-0.3, -0.25) is 9.89 Å². The molecule has 2 heterocycles. The van der Waals surface area contributed by atoms with E-state index < -0.39 is 0 Å². The van der Waals surface area contributed by atoms with E-state index >= 15 is 0 Å². The van der Waals surface area contributed by atoms with E-state index in [1.54, 1.807) is 23.9 Å². The Balaban J connectivity index is 1.33. The number of anilines is 1. The first kappa shape index (κ1) is 18.5. The van der Waals surface area contributed by atoms with Crippen molar-refractivity contribution in [2.45, 2.75) is 10.9 Å². The first-order valence-electron chi connectivity index (χ1n) is 9.06. The minimum atomic E-state index is -0.221. The molecule has 8 heteroatoms. The number of nitrogens with zero attached hydrogens (tertiary/aromatic N) is 4. The largest absolute Gasteiger partial charge is 0.366 e. The molecular weight excluding hydrogens is 377 g/mol. The number of carbonyl (C=O) groups excluding carboxylic acids is 1. The van der Waals surface area contributed by atoms with Crippen LogP contribution in [0.2, 0.25) is 0 Å². The number of aromatic amines is 1. The third kappa shape index (κ3) is 4.17. The van der Waals surface area contributed by atoms with Crippen molar-refractivity contribution in [1.29, 1.82) is 0 Å². The van der Waals surface area contributed by atoms with Crippen LogP contribution in [0.5, 0.6) is 0 Å². The average Bonchev–Trinajstić information content (AvgIpc) is 3.26. The molecular formula is C20H20FN5OS. The van der Waals surface area contributed by atoms with Gasteiger partial charge in [0.1, 0.15) is 12.1 Å². The minimum Gasteiger partial charge on any atom is -0.366 e. The summed E-state index contributed by atoms with van der Waals surface area (Å²) in [6, 6.07) is 14.4. The number of halogens is 1. The van der Waals surface area contributed by atoms with Crippen LogP contribution in [0.3, 0.4) is 0 Å². The zero-order valence-corrected chi connectivity index (χ0v) is 16.0. The number of rotatable bonds is 5. The van der Waals surface area contributed by atoms with Crippen LogP contribution < -0.4 is 4.90 Å². The topological polar surface area (TPSA) is 65.1 Å². The Bertz CT molecular complexity index is 924. The lowest BCUT2D eigenvalue weighted by atomic mass is 10.1. The van der Waals surface area contributed by atoms with Crippen LogP contribution in [0.1, 0.15) is 15.9 Å². The monoisotopic (exact) mass is 397 g/mol. The molecule has 1 saturated heterocycles. The lowest BCUT2D eigenvalue weighted by molar-refractivity contribution is 0.0746. The van der Waals surface area contributed by atoms with E-state index in [-0.39, 0.29) is 11.7 Å². The second-order valence-corrected chi connectivity index (χ2v) is 7.47. The molecule has 2 aromatic carbocycles. The molecule has 0 atom stereocenters. The van der Waals surface area contributed by atoms with Crippen molar-refractivity contribution in [3.63, 3.8) is 0 Å². The molecule has 3 aromatic rings. The second-order valence-electron chi connectivity index (χ2n) is 6.51. The highest BCUT2D eigenvalue weighted by Gasteiger charge is 2.23. The maximum absolute atomic E-state index is 14.0. The Morgan fingerprint density at radius 1 is 1.07 bits per heavy atom. The van der Waals surface area contributed by atoms with Gasteiger partial charge in [0.25, 0.3) is 5.91 Å². The standard InChI is InChI=1S/C20H20FN5OS/c21-17-3-1-2-4-18(17)25-9-11-26(12-10-25)19(27)16-7-5-15(6-8-16)13-28-20-22-14-23-24-20/h1-8,14H,9-13H2,(H,22,23,24). The van der Waals surface area contributed by atoms with Crippen LogP contribution in [0.15, 0.2) is 60.0 Å². The van der Waals surface area contributed by atoms with E-state index in [1.165, 1.54) is 12.4 Å². The molecule has 28 heavy (non-hydrogen) atoms. The molecule has 0 radical (unpaired) electrons. The number of para-hydroxylation sites is 1. The van der Waals surface area contributed by atoms with Crippen LogP contribution in [0.25, 0.3) is 0 Å². The van der Waals surface area contributed by atoms with Crippen LogP contribution in [0, 0.1) is 5.82 Å². The summed E-state index contributed by atoms with van der Waals surface area (Å²) in [6.45, 7) is 2.41. The molecule has 6 nitrogen and oxygen atoms in total. The lowest BCUT2D eigenvalue weighted by Crippen LogP contribution is -2.49. The smallest absolute Gasteiger partial charge is 0.253 e. The summed E-state index contributed by atoms with van der Waals surface area (Å²) >= 11 is 1.56. The predicted molar refractivity (Wildman–Crippen MR) is 107 cm³/mol. The zero-order chi connectivity index (χ0) is 19.3. The number of carbonyl (C=O) groups is 1. The molecule has 0 spiro atoms. The number of hydrogen-bond donors (Lipinski definition) is 1. The fourth-order valence-corrected chi connectivity index (χ4v) is 3.94. The summed E-state index contributed by atoms with van der Waals surface area (Å²) in [5.41, 5.74) is 2.39. The van der Waals surface area contributed by atoms with Crippen molar-refractivity contribution in [3.8, 4) is 0 Å². The number of H-pyrrole nitrogens is 1. The van der Waals surface area contributed by atoms with Gasteiger partial charge in [-0.25, -0.2) is 9.37 Å². The van der Waals surface area contributed by atoms with Gasteiger partial charge in [-0.05, 0) is 29.8 Å². The molecule has 1 amide bonds. The van der Waals surface area contributed by atoms with Gasteiger partial charge in [0.15, 0.2) is 5.16 Å². The van der Waals surface area contributed by atoms with Gasteiger partial charge in [0.05, 0.1) is 5.69 Å². The molecule has 1 aliphatic heterocycles. The van der Waals surface area contributed by atoms with Crippen molar-refractivity contribution in [3.05, 3.63) is 71.8 Å². The highest BCUT2D eigenvalue weighted by molar-refractivity contribution is 7.98. The van der Waals surface area contributed by atoms with E-state index in [0.717, 1.165) is 16.5 Å². The second kappa shape index (κ2) is 8.43. The number of thioether (sulfide) groups is 1. The molecule has 1 N–H and O–H groups in total. The van der Waals surface area contributed by atoms with E-state index in [1.807, 2.05) is 40.1 Å².